The predicted octanol–water partition coefficient (Wildman–Crippen LogP) is 0.714. The first-order chi connectivity index (χ1) is 9.95. The van der Waals surface area contributed by atoms with Crippen LogP contribution in [0.4, 0.5) is 17.8 Å². The molecule has 0 fully saturated rings. The molecule has 8 nitrogen and oxygen atoms in total. The fourth-order valence-corrected chi connectivity index (χ4v) is 1.61. The van der Waals surface area contributed by atoms with Gasteiger partial charge in [0.1, 0.15) is 5.82 Å². The van der Waals surface area contributed by atoms with Gasteiger partial charge in [0, 0.05) is 34.4 Å². The van der Waals surface area contributed by atoms with E-state index in [2.05, 4.69) is 30.2 Å². The van der Waals surface area contributed by atoms with Crippen LogP contribution in [0.2, 0.25) is 0 Å². The molecule has 0 radical (unpaired) electrons. The van der Waals surface area contributed by atoms with E-state index in [0.717, 1.165) is 5.69 Å². The molecular weight excluding hydrogens is 268 g/mol. The molecule has 0 aromatic carbocycles. The zero-order chi connectivity index (χ0) is 15.4. The first-order valence-electron chi connectivity index (χ1n) is 6.59. The number of nitrogens with one attached hydrogen (secondary N) is 1. The number of nitrogens with zero attached hydrogens (tertiary/aromatic N) is 7. The van der Waals surface area contributed by atoms with Crippen molar-refractivity contribution < 1.29 is 0 Å². The van der Waals surface area contributed by atoms with Crippen LogP contribution in [0.3, 0.4) is 0 Å². The maximum absolute atomic E-state index is 4.44. The molecule has 0 amide bonds. The lowest BCUT2D eigenvalue weighted by Gasteiger charge is -2.13. The minimum Gasteiger partial charge on any atom is -0.348 e. The average Bonchev–Trinajstić information content (AvgIpc) is 2.45. The van der Waals surface area contributed by atoms with Crippen LogP contribution in [0.1, 0.15) is 11.5 Å². The van der Waals surface area contributed by atoms with Crippen LogP contribution >= 0.6 is 0 Å². The second-order valence-electron chi connectivity index (χ2n) is 5.00. The quantitative estimate of drug-likeness (QED) is 0.861. The average molecular weight is 288 g/mol. The number of aryl methyl sites for hydroxylation is 1. The van der Waals surface area contributed by atoms with Gasteiger partial charge in [-0.25, -0.2) is 9.97 Å². The van der Waals surface area contributed by atoms with Gasteiger partial charge in [-0.05, 0) is 13.0 Å². The lowest BCUT2D eigenvalue weighted by atomic mass is 10.4. The first-order valence-corrected chi connectivity index (χ1v) is 6.59. The van der Waals surface area contributed by atoms with Gasteiger partial charge in [-0.1, -0.05) is 0 Å². The molecule has 0 aliphatic heterocycles. The van der Waals surface area contributed by atoms with Crippen molar-refractivity contribution >= 4 is 17.8 Å². The van der Waals surface area contributed by atoms with Crippen LogP contribution in [0.15, 0.2) is 12.3 Å². The second kappa shape index (κ2) is 6.29. The van der Waals surface area contributed by atoms with Crippen molar-refractivity contribution in [1.29, 1.82) is 0 Å². The van der Waals surface area contributed by atoms with Crippen molar-refractivity contribution in [3.8, 4) is 0 Å². The molecule has 112 valence electrons. The van der Waals surface area contributed by atoms with E-state index in [-0.39, 0.29) is 0 Å². The minimum atomic E-state index is 0.527. The Labute approximate surface area is 124 Å². The fourth-order valence-electron chi connectivity index (χ4n) is 1.61. The van der Waals surface area contributed by atoms with Crippen LogP contribution in [0.25, 0.3) is 0 Å². The van der Waals surface area contributed by atoms with E-state index in [1.807, 2.05) is 51.0 Å². The van der Waals surface area contributed by atoms with Crippen LogP contribution in [0.5, 0.6) is 0 Å². The van der Waals surface area contributed by atoms with E-state index < -0.39 is 0 Å². The molecule has 0 spiro atoms. The molecule has 0 aliphatic rings. The summed E-state index contributed by atoms with van der Waals surface area (Å²) >= 11 is 0. The fraction of sp³-hybridized carbons (Fsp3) is 0.462. The molecule has 0 saturated carbocycles. The topological polar surface area (TPSA) is 83.0 Å². The van der Waals surface area contributed by atoms with Crippen molar-refractivity contribution in [1.82, 2.24) is 24.9 Å². The number of hydrogen-bond acceptors (Lipinski definition) is 8. The van der Waals surface area contributed by atoms with Gasteiger partial charge in [-0.3, -0.25) is 0 Å². The Hall–Kier alpha value is -2.51. The summed E-state index contributed by atoms with van der Waals surface area (Å²) in [5, 5.41) is 3.17. The lowest BCUT2D eigenvalue weighted by Crippen LogP contribution is -2.17. The van der Waals surface area contributed by atoms with Gasteiger partial charge in [-0.2, -0.15) is 15.0 Å². The molecule has 2 aromatic rings. The summed E-state index contributed by atoms with van der Waals surface area (Å²) in [6, 6.07) is 1.86. The highest BCUT2D eigenvalue weighted by molar-refractivity contribution is 5.36. The summed E-state index contributed by atoms with van der Waals surface area (Å²) in [4.78, 5) is 25.2. The molecule has 1 N–H and O–H groups in total. The van der Waals surface area contributed by atoms with E-state index in [1.165, 1.54) is 0 Å². The second-order valence-corrected chi connectivity index (χ2v) is 5.00. The number of anilines is 3. The van der Waals surface area contributed by atoms with Gasteiger partial charge in [0.25, 0.3) is 0 Å². The van der Waals surface area contributed by atoms with Gasteiger partial charge in [0.2, 0.25) is 17.8 Å². The molecule has 2 heterocycles. The van der Waals surface area contributed by atoms with E-state index in [9.17, 15) is 0 Å². The molecular formula is C13H20N8. The van der Waals surface area contributed by atoms with E-state index in [4.69, 9.17) is 0 Å². The van der Waals surface area contributed by atoms with Crippen molar-refractivity contribution in [2.45, 2.75) is 13.5 Å². The first kappa shape index (κ1) is 14.9. The van der Waals surface area contributed by atoms with E-state index >= 15 is 0 Å². The minimum absolute atomic E-state index is 0.527. The van der Waals surface area contributed by atoms with Crippen LogP contribution in [-0.2, 0) is 6.54 Å². The third-order valence-electron chi connectivity index (χ3n) is 2.66. The maximum atomic E-state index is 4.44. The van der Waals surface area contributed by atoms with Gasteiger partial charge in [0.05, 0.1) is 12.2 Å². The van der Waals surface area contributed by atoms with Crippen molar-refractivity contribution in [2.75, 3.05) is 43.3 Å². The number of aromatic nitrogens is 5. The molecule has 21 heavy (non-hydrogen) atoms. The Morgan fingerprint density at radius 2 is 1.67 bits per heavy atom. The molecule has 2 rings (SSSR count). The molecule has 0 aliphatic carbocycles. The molecule has 8 heteroatoms. The van der Waals surface area contributed by atoms with Gasteiger partial charge < -0.3 is 15.1 Å². The molecule has 0 saturated heterocycles. The summed E-state index contributed by atoms with van der Waals surface area (Å²) in [6.45, 7) is 2.37. The molecule has 0 atom stereocenters. The number of hydrogen-bond donors (Lipinski definition) is 1. The third kappa shape index (κ3) is 3.98. The smallest absolute Gasteiger partial charge is 0.229 e. The largest absolute Gasteiger partial charge is 0.348 e. The summed E-state index contributed by atoms with van der Waals surface area (Å²) < 4.78 is 0. The Bertz CT molecular complexity index is 611. The monoisotopic (exact) mass is 288 g/mol. The summed E-state index contributed by atoms with van der Waals surface area (Å²) in [5.41, 5.74) is 0.873. The predicted molar refractivity (Wildman–Crippen MR) is 82.6 cm³/mol. The number of rotatable bonds is 5. The summed E-state index contributed by atoms with van der Waals surface area (Å²) in [6.07, 6.45) is 1.74. The molecule has 2 aromatic heterocycles. The van der Waals surface area contributed by atoms with Crippen LogP contribution < -0.4 is 15.1 Å². The SMILES string of the molecule is Cc1nc(NCc2ccnc(N(C)C)n2)nc(N(C)C)n1. The Morgan fingerprint density at radius 3 is 2.33 bits per heavy atom. The summed E-state index contributed by atoms with van der Waals surface area (Å²) in [5.74, 6) is 2.51. The van der Waals surface area contributed by atoms with Crippen LogP contribution in [-0.4, -0.2) is 53.1 Å². The van der Waals surface area contributed by atoms with Crippen molar-refractivity contribution in [3.63, 3.8) is 0 Å². The highest BCUT2D eigenvalue weighted by atomic mass is 15.3. The van der Waals surface area contributed by atoms with Gasteiger partial charge in [0.15, 0.2) is 0 Å². The normalized spacial score (nSPS) is 10.3. The van der Waals surface area contributed by atoms with Crippen molar-refractivity contribution in [2.24, 2.45) is 0 Å². The van der Waals surface area contributed by atoms with Crippen LogP contribution in [0, 0.1) is 6.92 Å². The van der Waals surface area contributed by atoms with E-state index in [1.54, 1.807) is 6.20 Å². The lowest BCUT2D eigenvalue weighted by molar-refractivity contribution is 0.893. The van der Waals surface area contributed by atoms with Gasteiger partial charge in [-0.15, -0.1) is 0 Å². The molecule has 0 unspecified atom stereocenters. The van der Waals surface area contributed by atoms with E-state index in [0.29, 0.717) is 30.2 Å². The highest BCUT2D eigenvalue weighted by Gasteiger charge is 2.06. The zero-order valence-electron chi connectivity index (χ0n) is 13.0. The maximum Gasteiger partial charge on any atom is 0.229 e. The zero-order valence-corrected chi connectivity index (χ0v) is 13.0. The highest BCUT2D eigenvalue weighted by Crippen LogP contribution is 2.09. The van der Waals surface area contributed by atoms with Crippen molar-refractivity contribution in [3.05, 3.63) is 23.8 Å². The molecule has 0 bridgehead atoms. The Morgan fingerprint density at radius 1 is 0.952 bits per heavy atom. The third-order valence-corrected chi connectivity index (χ3v) is 2.66. The Kier molecular flexibility index (Phi) is 4.46. The van der Waals surface area contributed by atoms with Gasteiger partial charge >= 0.3 is 0 Å². The Balaban J connectivity index is 2.11. The standard InChI is InChI=1S/C13H20N8/c1-9-16-11(19-13(17-9)21(4)5)15-8-10-6-7-14-12(18-10)20(2)3/h6-7H,8H2,1-5H3,(H,15,16,17,19). The summed E-state index contributed by atoms with van der Waals surface area (Å²) in [7, 11) is 7.61.